The lowest BCUT2D eigenvalue weighted by Gasteiger charge is -2.38. The van der Waals surface area contributed by atoms with Gasteiger partial charge >= 0.3 is 11.7 Å². The van der Waals surface area contributed by atoms with Crippen LogP contribution in [0.2, 0.25) is 0 Å². The molecule has 2 aromatic rings. The number of nitrogens with zero attached hydrogens (tertiary/aromatic N) is 5. The first-order chi connectivity index (χ1) is 19.0. The van der Waals surface area contributed by atoms with Crippen LogP contribution in [0.15, 0.2) is 41.3 Å². The Labute approximate surface area is 235 Å². The molecule has 1 aromatic heterocycles. The molecule has 3 atom stereocenters. The minimum atomic E-state index is -0.951. The number of carbonyl (C=O) groups excluding carboxylic acids is 2. The van der Waals surface area contributed by atoms with Gasteiger partial charge in [-0.1, -0.05) is 12.1 Å². The topological polar surface area (TPSA) is 152 Å². The predicted molar refractivity (Wildman–Crippen MR) is 153 cm³/mol. The summed E-state index contributed by atoms with van der Waals surface area (Å²) in [5.74, 6) is 0.0279. The lowest BCUT2D eigenvalue weighted by molar-refractivity contribution is -0.137. The van der Waals surface area contributed by atoms with Crippen LogP contribution in [-0.2, 0) is 16.1 Å². The number of carbonyl (C=O) groups is 2. The molecule has 1 aromatic carbocycles. The van der Waals surface area contributed by atoms with Gasteiger partial charge in [-0.2, -0.15) is 4.98 Å². The van der Waals surface area contributed by atoms with Crippen molar-refractivity contribution < 1.29 is 14.3 Å². The van der Waals surface area contributed by atoms with E-state index in [4.69, 9.17) is 16.2 Å². The fourth-order valence-corrected chi connectivity index (χ4v) is 5.36. The monoisotopic (exact) mass is 554 g/mol. The molecule has 3 amide bonds. The van der Waals surface area contributed by atoms with E-state index in [1.165, 1.54) is 4.57 Å². The van der Waals surface area contributed by atoms with Crippen molar-refractivity contribution >= 4 is 17.8 Å². The lowest BCUT2D eigenvalue weighted by atomic mass is 9.88. The van der Waals surface area contributed by atoms with Gasteiger partial charge in [0.1, 0.15) is 5.82 Å². The van der Waals surface area contributed by atoms with Gasteiger partial charge in [0, 0.05) is 58.1 Å². The first-order valence-electron chi connectivity index (χ1n) is 13.8. The van der Waals surface area contributed by atoms with Crippen LogP contribution in [0.5, 0.6) is 0 Å². The number of amides is 3. The van der Waals surface area contributed by atoms with Crippen molar-refractivity contribution in [1.29, 1.82) is 0 Å². The third-order valence-electron chi connectivity index (χ3n) is 7.83. The summed E-state index contributed by atoms with van der Waals surface area (Å²) in [6, 6.07) is 9.53. The van der Waals surface area contributed by atoms with Gasteiger partial charge in [0.2, 0.25) is 5.91 Å². The summed E-state index contributed by atoms with van der Waals surface area (Å²) >= 11 is 0. The van der Waals surface area contributed by atoms with Crippen LogP contribution < -0.4 is 22.5 Å². The Morgan fingerprint density at radius 1 is 1.10 bits per heavy atom. The molecule has 40 heavy (non-hydrogen) atoms. The van der Waals surface area contributed by atoms with E-state index >= 15 is 0 Å². The van der Waals surface area contributed by atoms with E-state index in [2.05, 4.69) is 22.2 Å². The third kappa shape index (κ3) is 7.05. The second-order valence-corrected chi connectivity index (χ2v) is 11.4. The van der Waals surface area contributed by atoms with Crippen LogP contribution in [0.1, 0.15) is 38.7 Å². The standard InChI is InChI=1S/C28H42N8O4/c1-28(2,30)25(37)34-13-15-35(16-14-34)26(38)31-24-11-12-36(27(39)32-24)20-7-5-19(6-8-20)18-33(3)21-9-10-22(29)23(17-21)40-4/h5-8,11-12,21-23H,9-10,13-18,29-30H2,1-4H3,(H,31,32,38,39)/t21?,22?,23-/m0/s1. The molecule has 2 fully saturated rings. The van der Waals surface area contributed by atoms with Crippen LogP contribution in [0.4, 0.5) is 10.6 Å². The molecule has 0 bridgehead atoms. The van der Waals surface area contributed by atoms with Gasteiger partial charge in [-0.15, -0.1) is 0 Å². The van der Waals surface area contributed by atoms with E-state index in [0.29, 0.717) is 37.9 Å². The minimum Gasteiger partial charge on any atom is -0.380 e. The highest BCUT2D eigenvalue weighted by Crippen LogP contribution is 2.25. The fourth-order valence-electron chi connectivity index (χ4n) is 5.36. The highest BCUT2D eigenvalue weighted by molar-refractivity contribution is 5.89. The van der Waals surface area contributed by atoms with E-state index < -0.39 is 11.2 Å². The number of methoxy groups -OCH3 is 1. The molecule has 2 aliphatic rings. The Hall–Kier alpha value is -3.32. The van der Waals surface area contributed by atoms with Crippen molar-refractivity contribution in [2.24, 2.45) is 11.5 Å². The number of anilines is 1. The van der Waals surface area contributed by atoms with E-state index in [1.54, 1.807) is 43.0 Å². The van der Waals surface area contributed by atoms with Gasteiger partial charge in [-0.05, 0) is 63.9 Å². The van der Waals surface area contributed by atoms with Crippen LogP contribution in [-0.4, -0.2) is 100 Å². The van der Waals surface area contributed by atoms with E-state index in [0.717, 1.165) is 31.4 Å². The summed E-state index contributed by atoms with van der Waals surface area (Å²) in [7, 11) is 3.84. The first-order valence-corrected chi connectivity index (χ1v) is 13.8. The van der Waals surface area contributed by atoms with E-state index in [9.17, 15) is 14.4 Å². The maximum Gasteiger partial charge on any atom is 0.354 e. The number of rotatable bonds is 7. The van der Waals surface area contributed by atoms with Crippen molar-refractivity contribution in [2.75, 3.05) is 45.7 Å². The quantitative estimate of drug-likeness (QED) is 0.458. The molecular formula is C28H42N8O4. The summed E-state index contributed by atoms with van der Waals surface area (Å²) in [5.41, 5.74) is 12.5. The SMILES string of the molecule is CO[C@H]1CC(N(C)Cc2ccc(-n3ccc(NC(=O)N4CCN(C(=O)C(C)(C)N)CC4)nc3=O)cc2)CCC1N. The normalized spacial score (nSPS) is 21.9. The molecule has 0 radical (unpaired) electrons. The maximum absolute atomic E-state index is 12.8. The molecule has 12 heteroatoms. The van der Waals surface area contributed by atoms with Crippen LogP contribution in [0, 0.1) is 0 Å². The minimum absolute atomic E-state index is 0.0839. The fraction of sp³-hybridized carbons (Fsp3) is 0.571. The molecule has 5 N–H and O–H groups in total. The Morgan fingerprint density at radius 3 is 2.35 bits per heavy atom. The summed E-state index contributed by atoms with van der Waals surface area (Å²) in [5, 5.41) is 2.69. The Bertz CT molecular complexity index is 1230. The van der Waals surface area contributed by atoms with Crippen molar-refractivity contribution in [1.82, 2.24) is 24.3 Å². The number of hydrogen-bond acceptors (Lipinski definition) is 8. The van der Waals surface area contributed by atoms with E-state index in [-0.39, 0.29) is 29.9 Å². The number of piperazine rings is 1. The average Bonchev–Trinajstić information content (AvgIpc) is 2.93. The van der Waals surface area contributed by atoms with Crippen molar-refractivity contribution in [3.63, 3.8) is 0 Å². The second kappa shape index (κ2) is 12.5. The highest BCUT2D eigenvalue weighted by atomic mass is 16.5. The molecule has 0 spiro atoms. The number of benzene rings is 1. The van der Waals surface area contributed by atoms with Crippen LogP contribution in [0.25, 0.3) is 5.69 Å². The molecule has 1 aliphatic carbocycles. The van der Waals surface area contributed by atoms with Gasteiger partial charge in [0.05, 0.1) is 17.3 Å². The first kappa shape index (κ1) is 29.7. The highest BCUT2D eigenvalue weighted by Gasteiger charge is 2.32. The zero-order valence-electron chi connectivity index (χ0n) is 23.9. The number of ether oxygens (including phenoxy) is 1. The zero-order valence-corrected chi connectivity index (χ0v) is 23.9. The summed E-state index contributed by atoms with van der Waals surface area (Å²) in [6.45, 7) is 5.65. The number of aromatic nitrogens is 2. The number of nitrogens with one attached hydrogen (secondary N) is 1. The van der Waals surface area contributed by atoms with Crippen molar-refractivity contribution in [3.05, 3.63) is 52.6 Å². The lowest BCUT2D eigenvalue weighted by Crippen LogP contribution is -2.58. The predicted octanol–water partition coefficient (Wildman–Crippen LogP) is 0.973. The average molecular weight is 555 g/mol. The summed E-state index contributed by atoms with van der Waals surface area (Å²) < 4.78 is 7.00. The summed E-state index contributed by atoms with van der Waals surface area (Å²) in [4.78, 5) is 47.5. The Balaban J connectivity index is 1.32. The number of hydrogen-bond donors (Lipinski definition) is 3. The Kier molecular flexibility index (Phi) is 9.24. The second-order valence-electron chi connectivity index (χ2n) is 11.4. The number of nitrogens with two attached hydrogens (primary N) is 2. The molecule has 1 saturated carbocycles. The molecule has 2 heterocycles. The van der Waals surface area contributed by atoms with Gasteiger partial charge < -0.3 is 26.0 Å². The molecular weight excluding hydrogens is 512 g/mol. The summed E-state index contributed by atoms with van der Waals surface area (Å²) in [6.07, 6.45) is 4.59. The molecule has 218 valence electrons. The molecule has 2 unspecified atom stereocenters. The van der Waals surface area contributed by atoms with Crippen LogP contribution >= 0.6 is 0 Å². The molecule has 12 nitrogen and oxygen atoms in total. The molecule has 1 aliphatic heterocycles. The van der Waals surface area contributed by atoms with Gasteiger partial charge in [-0.25, -0.2) is 9.59 Å². The third-order valence-corrected chi connectivity index (χ3v) is 7.83. The van der Waals surface area contributed by atoms with Gasteiger partial charge in [0.25, 0.3) is 0 Å². The van der Waals surface area contributed by atoms with Crippen molar-refractivity contribution in [3.8, 4) is 5.69 Å². The zero-order chi connectivity index (χ0) is 29.0. The molecule has 4 rings (SSSR count). The van der Waals surface area contributed by atoms with Gasteiger partial charge in [0.15, 0.2) is 0 Å². The largest absolute Gasteiger partial charge is 0.380 e. The van der Waals surface area contributed by atoms with Crippen molar-refractivity contribution in [2.45, 2.75) is 63.4 Å². The smallest absolute Gasteiger partial charge is 0.354 e. The number of urea groups is 1. The Morgan fingerprint density at radius 2 is 1.75 bits per heavy atom. The van der Waals surface area contributed by atoms with Gasteiger partial charge in [-0.3, -0.25) is 19.6 Å². The molecule has 1 saturated heterocycles. The maximum atomic E-state index is 12.8. The van der Waals surface area contributed by atoms with E-state index in [1.807, 2.05) is 24.3 Å². The van der Waals surface area contributed by atoms with Crippen LogP contribution in [0.3, 0.4) is 0 Å².